The molecule has 0 radical (unpaired) electrons. The molecule has 2 saturated heterocycles. The molecule has 8 rings (SSSR count). The molecule has 1 unspecified atom stereocenters. The SMILES string of the molecule is COC(=O)N[C@H](C(=O)N1C[C@H]2CCC1(c1ncc(-c3ccc(-c4ccc(-c5cnc([C@]67CC[C@H](CN6C(=O)[C@@H](NC(=O)OC)C(C)C)C7)[nH]5)cc4)cc3)[nH]1)C2)C(C)C. The fourth-order valence-corrected chi connectivity index (χ4v) is 10.0. The maximum Gasteiger partial charge on any atom is 0.407 e. The summed E-state index contributed by atoms with van der Waals surface area (Å²) in [6.45, 7) is 8.99. The number of alkyl carbamates (subject to hydrolysis) is 2. The molecule has 4 N–H and O–H groups in total. The van der Waals surface area contributed by atoms with Crippen molar-refractivity contribution in [3.8, 4) is 33.6 Å². The topological polar surface area (TPSA) is 175 Å². The Morgan fingerprint density at radius 1 is 0.638 bits per heavy atom. The first-order valence-corrected chi connectivity index (χ1v) is 20.5. The predicted octanol–water partition coefficient (Wildman–Crippen LogP) is 6.57. The smallest absolute Gasteiger partial charge is 0.407 e. The summed E-state index contributed by atoms with van der Waals surface area (Å²) in [6.07, 6.45) is 7.87. The van der Waals surface area contributed by atoms with Gasteiger partial charge in [-0.05, 0) is 84.5 Å². The van der Waals surface area contributed by atoms with Gasteiger partial charge in [0.15, 0.2) is 0 Å². The Bertz CT molecular complexity index is 2030. The van der Waals surface area contributed by atoms with Crippen LogP contribution in [0.15, 0.2) is 60.9 Å². The van der Waals surface area contributed by atoms with E-state index in [0.717, 1.165) is 83.8 Å². The molecule has 4 amide bonds. The third-order valence-corrected chi connectivity index (χ3v) is 13.2. The largest absolute Gasteiger partial charge is 0.453 e. The summed E-state index contributed by atoms with van der Waals surface area (Å²) in [4.78, 5) is 72.8. The summed E-state index contributed by atoms with van der Waals surface area (Å²) >= 11 is 0. The number of nitrogens with zero attached hydrogens (tertiary/aromatic N) is 4. The summed E-state index contributed by atoms with van der Waals surface area (Å²) in [6, 6.07) is 15.3. The first kappa shape index (κ1) is 39.2. The number of ether oxygens (including phenoxy) is 2. The lowest BCUT2D eigenvalue weighted by Gasteiger charge is -2.40. The van der Waals surface area contributed by atoms with Crippen LogP contribution in [0.4, 0.5) is 9.59 Å². The van der Waals surface area contributed by atoms with Gasteiger partial charge in [0.05, 0.1) is 38.0 Å². The Hall–Kier alpha value is -5.66. The summed E-state index contributed by atoms with van der Waals surface area (Å²) in [5.74, 6) is 1.95. The number of aromatic amines is 2. The monoisotopic (exact) mass is 790 g/mol. The van der Waals surface area contributed by atoms with Gasteiger partial charge in [-0.15, -0.1) is 0 Å². The number of H-pyrrole nitrogens is 2. The van der Waals surface area contributed by atoms with Gasteiger partial charge in [0.2, 0.25) is 11.8 Å². The van der Waals surface area contributed by atoms with E-state index in [-0.39, 0.29) is 23.7 Å². The number of hydrogen-bond donors (Lipinski definition) is 4. The number of benzene rings is 2. The number of aromatic nitrogens is 4. The van der Waals surface area contributed by atoms with E-state index < -0.39 is 35.3 Å². The van der Waals surface area contributed by atoms with E-state index in [9.17, 15) is 19.2 Å². The number of carbonyl (C=O) groups is 4. The second-order valence-corrected chi connectivity index (χ2v) is 17.3. The zero-order valence-corrected chi connectivity index (χ0v) is 34.1. The predicted molar refractivity (Wildman–Crippen MR) is 217 cm³/mol. The Labute approximate surface area is 338 Å². The first-order valence-electron chi connectivity index (χ1n) is 20.5. The molecule has 4 aromatic rings. The second kappa shape index (κ2) is 15.3. The molecule has 2 saturated carbocycles. The maximum absolute atomic E-state index is 13.9. The van der Waals surface area contributed by atoms with Crippen molar-refractivity contribution >= 4 is 24.0 Å². The molecule has 6 atom stereocenters. The van der Waals surface area contributed by atoms with Crippen molar-refractivity contribution in [2.24, 2.45) is 23.7 Å². The van der Waals surface area contributed by atoms with Crippen LogP contribution in [0, 0.1) is 23.7 Å². The van der Waals surface area contributed by atoms with Crippen molar-refractivity contribution in [1.82, 2.24) is 40.4 Å². The van der Waals surface area contributed by atoms with E-state index in [1.54, 1.807) is 0 Å². The molecular weight excluding hydrogens is 737 g/mol. The third-order valence-electron chi connectivity index (χ3n) is 13.2. The first-order chi connectivity index (χ1) is 27.8. The number of piperidine rings is 2. The van der Waals surface area contributed by atoms with Gasteiger partial charge in [-0.2, -0.15) is 0 Å². The van der Waals surface area contributed by atoms with Crippen LogP contribution in [0.2, 0.25) is 0 Å². The number of nitrogens with one attached hydrogen (secondary N) is 4. The van der Waals surface area contributed by atoms with E-state index in [1.165, 1.54) is 14.2 Å². The fraction of sp³-hybridized carbons (Fsp3) is 0.500. The zero-order valence-electron chi connectivity index (χ0n) is 34.1. The summed E-state index contributed by atoms with van der Waals surface area (Å²) in [5, 5.41) is 5.51. The minimum atomic E-state index is -0.687. The van der Waals surface area contributed by atoms with Crippen LogP contribution in [0.1, 0.15) is 77.9 Å². The van der Waals surface area contributed by atoms with E-state index in [4.69, 9.17) is 19.4 Å². The Kier molecular flexibility index (Phi) is 10.3. The van der Waals surface area contributed by atoms with Crippen LogP contribution >= 0.6 is 0 Å². The van der Waals surface area contributed by atoms with E-state index >= 15 is 0 Å². The lowest BCUT2D eigenvalue weighted by Crippen LogP contribution is -2.56. The van der Waals surface area contributed by atoms with Gasteiger partial charge in [-0.3, -0.25) is 9.59 Å². The van der Waals surface area contributed by atoms with Gasteiger partial charge in [0, 0.05) is 13.1 Å². The van der Waals surface area contributed by atoms with E-state index in [1.807, 2.05) is 49.9 Å². The van der Waals surface area contributed by atoms with Crippen molar-refractivity contribution in [1.29, 1.82) is 0 Å². The van der Waals surface area contributed by atoms with Gasteiger partial charge in [0.1, 0.15) is 34.8 Å². The Balaban J connectivity index is 0.963. The molecule has 4 heterocycles. The Morgan fingerprint density at radius 3 is 1.33 bits per heavy atom. The summed E-state index contributed by atoms with van der Waals surface area (Å²) in [7, 11) is 2.61. The number of rotatable bonds is 11. The molecule has 14 nitrogen and oxygen atoms in total. The molecule has 4 aliphatic rings. The van der Waals surface area contributed by atoms with Crippen molar-refractivity contribution in [2.75, 3.05) is 27.3 Å². The number of likely N-dealkylation sites (tertiary alicyclic amines) is 2. The van der Waals surface area contributed by atoms with Crippen molar-refractivity contribution in [2.45, 2.75) is 89.4 Å². The number of methoxy groups -OCH3 is 2. The molecule has 14 heteroatoms. The minimum Gasteiger partial charge on any atom is -0.453 e. The van der Waals surface area contributed by atoms with Crippen molar-refractivity contribution in [3.63, 3.8) is 0 Å². The molecule has 2 aliphatic heterocycles. The van der Waals surface area contributed by atoms with Crippen LogP contribution in [0.5, 0.6) is 0 Å². The van der Waals surface area contributed by atoms with E-state index in [2.05, 4.69) is 69.1 Å². The summed E-state index contributed by atoms with van der Waals surface area (Å²) in [5.41, 5.74) is 4.82. The number of hydrogen-bond acceptors (Lipinski definition) is 8. The zero-order chi connectivity index (χ0) is 40.9. The molecule has 4 fully saturated rings. The number of amides is 4. The highest BCUT2D eigenvalue weighted by Crippen LogP contribution is 2.54. The third kappa shape index (κ3) is 6.79. The lowest BCUT2D eigenvalue weighted by atomic mass is 9.93. The lowest BCUT2D eigenvalue weighted by molar-refractivity contribution is -0.141. The van der Waals surface area contributed by atoms with Crippen LogP contribution in [0.25, 0.3) is 33.6 Å². The van der Waals surface area contributed by atoms with Crippen LogP contribution in [0.3, 0.4) is 0 Å². The molecule has 58 heavy (non-hydrogen) atoms. The minimum absolute atomic E-state index is 0.103. The molecule has 4 bridgehead atoms. The van der Waals surface area contributed by atoms with E-state index in [0.29, 0.717) is 24.9 Å². The average molecular weight is 791 g/mol. The van der Waals surface area contributed by atoms with Gasteiger partial charge in [-0.1, -0.05) is 76.2 Å². The van der Waals surface area contributed by atoms with Gasteiger partial charge >= 0.3 is 12.2 Å². The van der Waals surface area contributed by atoms with Crippen molar-refractivity contribution < 1.29 is 28.7 Å². The Morgan fingerprint density at radius 2 is 1.00 bits per heavy atom. The number of carbonyl (C=O) groups excluding carboxylic acids is 4. The standard InChI is InChI=1S/C44H54N8O6/c1-25(2)35(49-41(55)57-5)37(53)51-23-27-15-17-43(51,19-27)39-45-21-33(47-39)31-11-7-29(8-12-31)30-9-13-32(14-10-30)34-22-46-40(48-34)44-18-16-28(20-44)24-52(44)38(54)36(26(3)4)50-42(56)58-6/h7-14,21-22,25-28,35-36H,15-20,23-24H2,1-6H3,(H,45,47)(H,46,48)(H,49,55)(H,50,56)/t27-,28-,35-,36-,43+,44?/m0/s1. The van der Waals surface area contributed by atoms with Gasteiger partial charge < -0.3 is 39.9 Å². The number of imidazole rings is 2. The average Bonchev–Trinajstić information content (AvgIpc) is 4.10. The molecule has 0 spiro atoms. The molecular formula is C44H54N8O6. The normalized spacial score (nSPS) is 24.3. The van der Waals surface area contributed by atoms with Crippen molar-refractivity contribution in [3.05, 3.63) is 72.6 Å². The highest BCUT2D eigenvalue weighted by molar-refractivity contribution is 5.88. The highest BCUT2D eigenvalue weighted by Gasteiger charge is 2.57. The highest BCUT2D eigenvalue weighted by atomic mass is 16.5. The quantitative estimate of drug-likeness (QED) is 0.132. The molecule has 2 aliphatic carbocycles. The van der Waals surface area contributed by atoms with Gasteiger partial charge in [0.25, 0.3) is 0 Å². The maximum atomic E-state index is 13.9. The molecule has 2 aromatic carbocycles. The van der Waals surface area contributed by atoms with Crippen LogP contribution in [-0.2, 0) is 30.1 Å². The van der Waals surface area contributed by atoms with Crippen LogP contribution in [-0.4, -0.2) is 93.1 Å². The van der Waals surface area contributed by atoms with Gasteiger partial charge in [-0.25, -0.2) is 19.6 Å². The van der Waals surface area contributed by atoms with Crippen LogP contribution < -0.4 is 10.6 Å². The summed E-state index contributed by atoms with van der Waals surface area (Å²) < 4.78 is 9.64. The number of fused-ring (bicyclic) bond motifs is 4. The second-order valence-electron chi connectivity index (χ2n) is 17.3. The fourth-order valence-electron chi connectivity index (χ4n) is 10.0. The molecule has 2 aromatic heterocycles. The molecule has 306 valence electrons.